The smallest absolute Gasteiger partial charge is 0.243 e. The second-order valence-electron chi connectivity index (χ2n) is 5.01. The minimum Gasteiger partial charge on any atom is -0.379 e. The number of ether oxygens (including phenoxy) is 1. The molecule has 0 radical (unpaired) electrons. The number of hydrogen-bond acceptors (Lipinski definition) is 4. The molecular weight excluding hydrogens is 288 g/mol. The second kappa shape index (κ2) is 7.17. The molecule has 1 aliphatic rings. The number of sulfonamides is 1. The minimum absolute atomic E-state index is 0.0721. The molecule has 5 nitrogen and oxygen atoms in total. The van der Waals surface area contributed by atoms with Crippen LogP contribution in [-0.2, 0) is 14.8 Å². The van der Waals surface area contributed by atoms with E-state index >= 15 is 0 Å². The maximum atomic E-state index is 12.6. The van der Waals surface area contributed by atoms with Crippen LogP contribution in [0, 0.1) is 0 Å². The Morgan fingerprint density at radius 1 is 1.43 bits per heavy atom. The molecule has 1 aromatic carbocycles. The van der Waals surface area contributed by atoms with E-state index in [4.69, 9.17) is 4.74 Å². The molecule has 0 amide bonds. The molecule has 21 heavy (non-hydrogen) atoms. The number of benzene rings is 1. The molecule has 1 heterocycles. The Labute approximate surface area is 126 Å². The molecule has 0 spiro atoms. The van der Waals surface area contributed by atoms with Gasteiger partial charge in [-0.3, -0.25) is 0 Å². The number of hydrogen-bond donors (Lipinski definition) is 1. The SMILES string of the molecule is C=CCN[C@H](C)c1cccc(S(=O)(=O)N2CCOCC2)c1. The van der Waals surface area contributed by atoms with Gasteiger partial charge in [0, 0.05) is 25.7 Å². The van der Waals surface area contributed by atoms with Crippen molar-refractivity contribution in [3.8, 4) is 0 Å². The number of nitrogens with one attached hydrogen (secondary N) is 1. The summed E-state index contributed by atoms with van der Waals surface area (Å²) in [5, 5.41) is 3.26. The van der Waals surface area contributed by atoms with E-state index in [9.17, 15) is 8.42 Å². The van der Waals surface area contributed by atoms with E-state index < -0.39 is 10.0 Å². The van der Waals surface area contributed by atoms with Crippen molar-refractivity contribution in [2.75, 3.05) is 32.8 Å². The molecule has 116 valence electrons. The third-order valence-corrected chi connectivity index (χ3v) is 5.43. The lowest BCUT2D eigenvalue weighted by atomic mass is 10.1. The van der Waals surface area contributed by atoms with E-state index in [1.54, 1.807) is 24.3 Å². The van der Waals surface area contributed by atoms with Crippen LogP contribution in [0.5, 0.6) is 0 Å². The predicted molar refractivity (Wildman–Crippen MR) is 82.6 cm³/mol. The lowest BCUT2D eigenvalue weighted by Gasteiger charge is -2.26. The highest BCUT2D eigenvalue weighted by atomic mass is 32.2. The van der Waals surface area contributed by atoms with Crippen molar-refractivity contribution in [1.82, 2.24) is 9.62 Å². The lowest BCUT2D eigenvalue weighted by Crippen LogP contribution is -2.40. The van der Waals surface area contributed by atoms with Crippen molar-refractivity contribution >= 4 is 10.0 Å². The van der Waals surface area contributed by atoms with Crippen LogP contribution in [0.2, 0.25) is 0 Å². The van der Waals surface area contributed by atoms with Crippen LogP contribution < -0.4 is 5.32 Å². The van der Waals surface area contributed by atoms with Gasteiger partial charge < -0.3 is 10.1 Å². The van der Waals surface area contributed by atoms with E-state index in [2.05, 4.69) is 11.9 Å². The molecule has 0 saturated carbocycles. The van der Waals surface area contributed by atoms with Crippen molar-refractivity contribution in [3.05, 3.63) is 42.5 Å². The summed E-state index contributed by atoms with van der Waals surface area (Å²) >= 11 is 0. The highest BCUT2D eigenvalue weighted by Crippen LogP contribution is 2.21. The first-order chi connectivity index (χ1) is 10.1. The molecule has 1 N–H and O–H groups in total. The fourth-order valence-electron chi connectivity index (χ4n) is 2.26. The van der Waals surface area contributed by atoms with Gasteiger partial charge in [-0.05, 0) is 24.6 Å². The Morgan fingerprint density at radius 3 is 2.81 bits per heavy atom. The molecule has 1 fully saturated rings. The zero-order chi connectivity index (χ0) is 15.3. The molecule has 0 bridgehead atoms. The fourth-order valence-corrected chi connectivity index (χ4v) is 3.72. The molecule has 0 aromatic heterocycles. The number of nitrogens with zero attached hydrogens (tertiary/aromatic N) is 1. The Balaban J connectivity index is 2.21. The van der Waals surface area contributed by atoms with Gasteiger partial charge in [0.15, 0.2) is 0 Å². The van der Waals surface area contributed by atoms with Gasteiger partial charge in [0.1, 0.15) is 0 Å². The van der Waals surface area contributed by atoms with E-state index in [0.29, 0.717) is 37.7 Å². The highest BCUT2D eigenvalue weighted by Gasteiger charge is 2.26. The van der Waals surface area contributed by atoms with Crippen LogP contribution in [0.4, 0.5) is 0 Å². The quantitative estimate of drug-likeness (QED) is 0.810. The highest BCUT2D eigenvalue weighted by molar-refractivity contribution is 7.89. The average Bonchev–Trinajstić information content (AvgIpc) is 2.53. The molecule has 1 aromatic rings. The van der Waals surface area contributed by atoms with Crippen LogP contribution in [0.1, 0.15) is 18.5 Å². The van der Waals surface area contributed by atoms with Gasteiger partial charge in [-0.2, -0.15) is 4.31 Å². The van der Waals surface area contributed by atoms with Gasteiger partial charge in [0.2, 0.25) is 10.0 Å². The van der Waals surface area contributed by atoms with Crippen molar-refractivity contribution < 1.29 is 13.2 Å². The third-order valence-electron chi connectivity index (χ3n) is 3.53. The van der Waals surface area contributed by atoms with Gasteiger partial charge in [0.05, 0.1) is 18.1 Å². The molecular formula is C15H22N2O3S. The van der Waals surface area contributed by atoms with Crippen molar-refractivity contribution in [1.29, 1.82) is 0 Å². The lowest BCUT2D eigenvalue weighted by molar-refractivity contribution is 0.0730. The Hall–Kier alpha value is -1.21. The van der Waals surface area contributed by atoms with Crippen molar-refractivity contribution in [3.63, 3.8) is 0 Å². The zero-order valence-corrected chi connectivity index (χ0v) is 13.1. The summed E-state index contributed by atoms with van der Waals surface area (Å²) in [6.07, 6.45) is 1.78. The predicted octanol–water partition coefficient (Wildman–Crippen LogP) is 1.54. The number of morpholine rings is 1. The standard InChI is InChI=1S/C15H22N2O3S/c1-3-7-16-13(2)14-5-4-6-15(12-14)21(18,19)17-8-10-20-11-9-17/h3-6,12-13,16H,1,7-11H2,2H3/t13-/m1/s1. The summed E-state index contributed by atoms with van der Waals surface area (Å²) in [6, 6.07) is 7.18. The minimum atomic E-state index is -3.43. The molecule has 2 rings (SSSR count). The molecule has 1 atom stereocenters. The fraction of sp³-hybridized carbons (Fsp3) is 0.467. The van der Waals surface area contributed by atoms with Gasteiger partial charge in [0.25, 0.3) is 0 Å². The topological polar surface area (TPSA) is 58.6 Å². The summed E-state index contributed by atoms with van der Waals surface area (Å²) in [5.41, 5.74) is 0.950. The summed E-state index contributed by atoms with van der Waals surface area (Å²) in [6.45, 7) is 8.09. The normalized spacial score (nSPS) is 18.3. The Kier molecular flexibility index (Phi) is 5.52. The van der Waals surface area contributed by atoms with Gasteiger partial charge in [-0.25, -0.2) is 8.42 Å². The first kappa shape index (κ1) is 16.2. The van der Waals surface area contributed by atoms with Crippen molar-refractivity contribution in [2.24, 2.45) is 0 Å². The maximum Gasteiger partial charge on any atom is 0.243 e. The maximum absolute atomic E-state index is 12.6. The monoisotopic (exact) mass is 310 g/mol. The van der Waals surface area contributed by atoms with Crippen LogP contribution in [0.25, 0.3) is 0 Å². The Morgan fingerprint density at radius 2 is 2.14 bits per heavy atom. The largest absolute Gasteiger partial charge is 0.379 e. The summed E-state index contributed by atoms with van der Waals surface area (Å²) in [7, 11) is -3.43. The van der Waals surface area contributed by atoms with Crippen LogP contribution >= 0.6 is 0 Å². The van der Waals surface area contributed by atoms with Gasteiger partial charge >= 0.3 is 0 Å². The number of rotatable bonds is 6. The van der Waals surface area contributed by atoms with E-state index in [1.165, 1.54) is 4.31 Å². The van der Waals surface area contributed by atoms with Crippen molar-refractivity contribution in [2.45, 2.75) is 17.9 Å². The van der Waals surface area contributed by atoms with E-state index in [1.807, 2.05) is 13.0 Å². The van der Waals surface area contributed by atoms with Crippen LogP contribution in [-0.4, -0.2) is 45.6 Å². The van der Waals surface area contributed by atoms with Gasteiger partial charge in [-0.1, -0.05) is 18.2 Å². The Bertz CT molecular complexity index is 580. The molecule has 6 heteroatoms. The first-order valence-corrected chi connectivity index (χ1v) is 8.52. The van der Waals surface area contributed by atoms with Gasteiger partial charge in [-0.15, -0.1) is 6.58 Å². The third kappa shape index (κ3) is 3.91. The van der Waals surface area contributed by atoms with E-state index in [0.717, 1.165) is 5.56 Å². The first-order valence-electron chi connectivity index (χ1n) is 7.08. The molecule has 1 aliphatic heterocycles. The summed E-state index contributed by atoms with van der Waals surface area (Å²) < 4.78 is 31.9. The van der Waals surface area contributed by atoms with Crippen LogP contribution in [0.15, 0.2) is 41.8 Å². The van der Waals surface area contributed by atoms with Crippen LogP contribution in [0.3, 0.4) is 0 Å². The second-order valence-corrected chi connectivity index (χ2v) is 6.95. The molecule has 1 saturated heterocycles. The average molecular weight is 310 g/mol. The summed E-state index contributed by atoms with van der Waals surface area (Å²) in [5.74, 6) is 0. The molecule has 0 unspecified atom stereocenters. The zero-order valence-electron chi connectivity index (χ0n) is 12.3. The molecule has 0 aliphatic carbocycles. The van der Waals surface area contributed by atoms with E-state index in [-0.39, 0.29) is 6.04 Å². The summed E-state index contributed by atoms with van der Waals surface area (Å²) in [4.78, 5) is 0.342.